The van der Waals surface area contributed by atoms with Crippen molar-refractivity contribution < 1.29 is 23.9 Å². The highest BCUT2D eigenvalue weighted by Gasteiger charge is 2.31. The lowest BCUT2D eigenvalue weighted by molar-refractivity contribution is -0.153. The van der Waals surface area contributed by atoms with Crippen LogP contribution in [0.2, 0.25) is 0 Å². The fraction of sp³-hybridized carbons (Fsp3) is 0.526. The van der Waals surface area contributed by atoms with Crippen molar-refractivity contribution in [3.63, 3.8) is 0 Å². The Morgan fingerprint density at radius 3 is 2.19 bits per heavy atom. The second-order valence-corrected chi connectivity index (χ2v) is 7.02. The molecule has 0 saturated heterocycles. The number of nitrogens with zero attached hydrogens (tertiary/aromatic N) is 1. The van der Waals surface area contributed by atoms with Crippen molar-refractivity contribution in [2.45, 2.75) is 58.8 Å². The van der Waals surface area contributed by atoms with Crippen molar-refractivity contribution in [2.75, 3.05) is 7.11 Å². The average Bonchev–Trinajstić information content (AvgIpc) is 2.56. The fourth-order valence-electron chi connectivity index (χ4n) is 2.28. The van der Waals surface area contributed by atoms with Crippen LogP contribution in [0.15, 0.2) is 30.3 Å². The zero-order valence-corrected chi connectivity index (χ0v) is 16.2. The highest BCUT2D eigenvalue weighted by atomic mass is 16.6. The van der Waals surface area contributed by atoms with Gasteiger partial charge in [0.1, 0.15) is 17.7 Å². The Morgan fingerprint density at radius 2 is 1.69 bits per heavy atom. The third-order valence-corrected chi connectivity index (χ3v) is 3.59. The van der Waals surface area contributed by atoms with Crippen LogP contribution in [0, 0.1) is 0 Å². The minimum atomic E-state index is -0.860. The topological polar surface area (TPSA) is 84.9 Å². The summed E-state index contributed by atoms with van der Waals surface area (Å²) in [5.74, 6) is -0.934. The van der Waals surface area contributed by atoms with E-state index in [0.717, 1.165) is 5.56 Å². The second-order valence-electron chi connectivity index (χ2n) is 7.02. The average molecular weight is 364 g/mol. The number of methoxy groups -OCH3 is 1. The Hall–Kier alpha value is -2.57. The van der Waals surface area contributed by atoms with Crippen LogP contribution >= 0.6 is 0 Å². The largest absolute Gasteiger partial charge is 0.467 e. The number of alkyl carbamates (subject to hydrolysis) is 1. The maximum atomic E-state index is 12.9. The van der Waals surface area contributed by atoms with Crippen LogP contribution in [0.3, 0.4) is 0 Å². The monoisotopic (exact) mass is 364 g/mol. The molecular formula is C19H28N2O5. The summed E-state index contributed by atoms with van der Waals surface area (Å²) < 4.78 is 9.94. The summed E-state index contributed by atoms with van der Waals surface area (Å²) in [6.45, 7) is 8.57. The van der Waals surface area contributed by atoms with Gasteiger partial charge in [0, 0.05) is 6.54 Å². The first-order valence-electron chi connectivity index (χ1n) is 8.47. The number of carbonyl (C=O) groups excluding carboxylic acids is 3. The number of hydrogen-bond donors (Lipinski definition) is 1. The van der Waals surface area contributed by atoms with Crippen LogP contribution in [0.5, 0.6) is 0 Å². The van der Waals surface area contributed by atoms with Crippen LogP contribution in [0.25, 0.3) is 0 Å². The number of benzene rings is 1. The summed E-state index contributed by atoms with van der Waals surface area (Å²) in [7, 11) is 1.27. The number of rotatable bonds is 6. The van der Waals surface area contributed by atoms with Crippen molar-refractivity contribution in [1.82, 2.24) is 10.2 Å². The van der Waals surface area contributed by atoms with Gasteiger partial charge in [0.2, 0.25) is 5.91 Å². The number of ether oxygens (including phenoxy) is 2. The van der Waals surface area contributed by atoms with Gasteiger partial charge >= 0.3 is 12.1 Å². The van der Waals surface area contributed by atoms with Crippen molar-refractivity contribution in [3.05, 3.63) is 35.9 Å². The highest BCUT2D eigenvalue weighted by molar-refractivity contribution is 5.89. The molecule has 0 aliphatic heterocycles. The van der Waals surface area contributed by atoms with E-state index in [0.29, 0.717) is 0 Å². The molecule has 1 aromatic carbocycles. The summed E-state index contributed by atoms with van der Waals surface area (Å²) in [5, 5.41) is 2.51. The SMILES string of the molecule is COC(=O)C(C)N(Cc1ccccc1)C(=O)C(C)NC(=O)OC(C)(C)C. The van der Waals surface area contributed by atoms with E-state index in [1.165, 1.54) is 12.0 Å². The van der Waals surface area contributed by atoms with Crippen molar-refractivity contribution in [1.29, 1.82) is 0 Å². The van der Waals surface area contributed by atoms with Gasteiger partial charge in [-0.05, 0) is 40.2 Å². The molecule has 7 heteroatoms. The molecule has 1 N–H and O–H groups in total. The zero-order valence-electron chi connectivity index (χ0n) is 16.2. The first kappa shape index (κ1) is 21.5. The van der Waals surface area contributed by atoms with E-state index in [4.69, 9.17) is 9.47 Å². The van der Waals surface area contributed by atoms with E-state index < -0.39 is 35.7 Å². The molecule has 26 heavy (non-hydrogen) atoms. The molecule has 2 unspecified atom stereocenters. The van der Waals surface area contributed by atoms with Gasteiger partial charge in [-0.15, -0.1) is 0 Å². The zero-order chi connectivity index (χ0) is 19.9. The molecule has 1 aromatic rings. The van der Waals surface area contributed by atoms with Gasteiger partial charge in [-0.25, -0.2) is 9.59 Å². The van der Waals surface area contributed by atoms with Gasteiger partial charge in [0.05, 0.1) is 7.11 Å². The van der Waals surface area contributed by atoms with E-state index >= 15 is 0 Å². The van der Waals surface area contributed by atoms with Crippen LogP contribution in [-0.2, 0) is 25.6 Å². The van der Waals surface area contributed by atoms with Crippen LogP contribution in [-0.4, -0.2) is 47.7 Å². The standard InChI is InChI=1S/C19H28N2O5/c1-13(20-18(24)26-19(3,4)5)16(22)21(14(2)17(23)25-6)12-15-10-8-7-9-11-15/h7-11,13-14H,12H2,1-6H3,(H,20,24). The normalized spacial score (nSPS) is 13.3. The summed E-state index contributed by atoms with van der Waals surface area (Å²) in [6, 6.07) is 7.63. The third kappa shape index (κ3) is 6.74. The smallest absolute Gasteiger partial charge is 0.408 e. The van der Waals surface area contributed by atoms with Crippen molar-refractivity contribution >= 4 is 18.0 Å². The van der Waals surface area contributed by atoms with Crippen LogP contribution < -0.4 is 5.32 Å². The number of carbonyl (C=O) groups is 3. The molecule has 0 saturated carbocycles. The predicted molar refractivity (Wildman–Crippen MR) is 97.3 cm³/mol. The molecule has 1 rings (SSSR count). The summed E-state index contributed by atoms with van der Waals surface area (Å²) in [6.07, 6.45) is -0.691. The maximum absolute atomic E-state index is 12.9. The Labute approximate surface area is 154 Å². The quantitative estimate of drug-likeness (QED) is 0.784. The molecule has 0 radical (unpaired) electrons. The Morgan fingerprint density at radius 1 is 1.12 bits per heavy atom. The molecule has 0 aliphatic rings. The lowest BCUT2D eigenvalue weighted by Gasteiger charge is -2.30. The van der Waals surface area contributed by atoms with Gasteiger partial charge in [0.15, 0.2) is 0 Å². The molecule has 144 valence electrons. The van der Waals surface area contributed by atoms with E-state index in [9.17, 15) is 14.4 Å². The number of esters is 1. The first-order valence-corrected chi connectivity index (χ1v) is 8.47. The fourth-order valence-corrected chi connectivity index (χ4v) is 2.28. The van der Waals surface area contributed by atoms with Gasteiger partial charge in [-0.1, -0.05) is 30.3 Å². The van der Waals surface area contributed by atoms with E-state index in [1.54, 1.807) is 34.6 Å². The predicted octanol–water partition coefficient (Wildman–Crippen LogP) is 2.49. The summed E-state index contributed by atoms with van der Waals surface area (Å²) in [4.78, 5) is 38.1. The van der Waals surface area contributed by atoms with Crippen LogP contribution in [0.4, 0.5) is 4.79 Å². The maximum Gasteiger partial charge on any atom is 0.408 e. The number of nitrogens with one attached hydrogen (secondary N) is 1. The summed E-state index contributed by atoms with van der Waals surface area (Å²) >= 11 is 0. The number of hydrogen-bond acceptors (Lipinski definition) is 5. The van der Waals surface area contributed by atoms with Gasteiger partial charge in [-0.3, -0.25) is 4.79 Å². The van der Waals surface area contributed by atoms with Crippen LogP contribution in [0.1, 0.15) is 40.2 Å². The minimum absolute atomic E-state index is 0.219. The molecule has 2 amide bonds. The number of amides is 2. The molecule has 0 aromatic heterocycles. The van der Waals surface area contributed by atoms with E-state index in [1.807, 2.05) is 30.3 Å². The lowest BCUT2D eigenvalue weighted by Crippen LogP contribution is -2.52. The summed E-state index contributed by atoms with van der Waals surface area (Å²) in [5.41, 5.74) is 0.191. The molecule has 7 nitrogen and oxygen atoms in total. The highest BCUT2D eigenvalue weighted by Crippen LogP contribution is 2.12. The van der Waals surface area contributed by atoms with E-state index in [2.05, 4.69) is 5.32 Å². The Kier molecular flexibility index (Phi) is 7.61. The van der Waals surface area contributed by atoms with E-state index in [-0.39, 0.29) is 6.54 Å². The Balaban J connectivity index is 2.92. The lowest BCUT2D eigenvalue weighted by atomic mass is 10.1. The third-order valence-electron chi connectivity index (χ3n) is 3.59. The molecule has 0 heterocycles. The van der Waals surface area contributed by atoms with Gasteiger partial charge in [-0.2, -0.15) is 0 Å². The first-order chi connectivity index (χ1) is 12.0. The second kappa shape index (κ2) is 9.22. The molecular weight excluding hydrogens is 336 g/mol. The molecule has 2 atom stereocenters. The minimum Gasteiger partial charge on any atom is -0.467 e. The van der Waals surface area contributed by atoms with Gasteiger partial charge in [0.25, 0.3) is 0 Å². The van der Waals surface area contributed by atoms with Gasteiger partial charge < -0.3 is 19.7 Å². The van der Waals surface area contributed by atoms with Crippen molar-refractivity contribution in [3.8, 4) is 0 Å². The molecule has 0 spiro atoms. The molecule has 0 bridgehead atoms. The molecule has 0 aliphatic carbocycles. The van der Waals surface area contributed by atoms with Crippen molar-refractivity contribution in [2.24, 2.45) is 0 Å². The Bertz CT molecular complexity index is 625. The molecule has 0 fully saturated rings.